The molecule has 234 valence electrons. The van der Waals surface area contributed by atoms with E-state index in [2.05, 4.69) is 32.3 Å². The lowest BCUT2D eigenvalue weighted by Crippen LogP contribution is -2.50. The molecular formula is C30H34IN5O6S2. The van der Waals surface area contributed by atoms with Gasteiger partial charge in [0.25, 0.3) is 10.0 Å². The predicted octanol–water partition coefficient (Wildman–Crippen LogP) is 5.28. The minimum atomic E-state index is -3.87. The van der Waals surface area contributed by atoms with Crippen molar-refractivity contribution in [1.82, 2.24) is 13.9 Å². The fourth-order valence-electron chi connectivity index (χ4n) is 4.94. The lowest BCUT2D eigenvalue weighted by molar-refractivity contribution is 0.0240. The lowest BCUT2D eigenvalue weighted by Gasteiger charge is -2.37. The number of nitrogens with zero attached hydrogens (tertiary/aromatic N) is 4. The van der Waals surface area contributed by atoms with Gasteiger partial charge in [0.05, 0.1) is 22.5 Å². The van der Waals surface area contributed by atoms with Crippen LogP contribution < -0.4 is 9.62 Å². The number of hydrogen-bond donors (Lipinski definition) is 1. The largest absolute Gasteiger partial charge is 0.444 e. The molecule has 4 aromatic rings. The maximum absolute atomic E-state index is 13.4. The number of halogens is 1. The molecule has 1 fully saturated rings. The zero-order valence-electron chi connectivity index (χ0n) is 25.0. The molecule has 0 unspecified atom stereocenters. The third-order valence-corrected chi connectivity index (χ3v) is 10.2. The van der Waals surface area contributed by atoms with E-state index >= 15 is 0 Å². The Kier molecular flexibility index (Phi) is 8.63. The maximum Gasteiger partial charge on any atom is 0.410 e. The number of sulfonamides is 1. The van der Waals surface area contributed by atoms with Gasteiger partial charge in [0.15, 0.2) is 5.65 Å². The van der Waals surface area contributed by atoms with E-state index in [0.717, 1.165) is 11.8 Å². The Labute approximate surface area is 271 Å². The average Bonchev–Trinajstić information content (AvgIpc) is 3.28. The van der Waals surface area contributed by atoms with Crippen LogP contribution in [-0.4, -0.2) is 74.8 Å². The molecule has 0 saturated carbocycles. The van der Waals surface area contributed by atoms with Crippen LogP contribution >= 0.6 is 22.6 Å². The standard InChI is InChI=1S/C30H34IN5O6S2/c1-20-6-9-23(10-7-20)44(40,41)36-19-25(31)24-16-22(18-32-28(24)36)21-8-11-27(26(17-21)33-43(5,38)39)34-12-14-35(15-13-34)29(37)42-30(2,3)4/h6-11,16-19,33H,12-15H2,1-5H3. The third kappa shape index (κ3) is 6.96. The monoisotopic (exact) mass is 751 g/mol. The van der Waals surface area contributed by atoms with Gasteiger partial charge in [0.1, 0.15) is 5.60 Å². The summed E-state index contributed by atoms with van der Waals surface area (Å²) in [5.74, 6) is 0. The van der Waals surface area contributed by atoms with Crippen LogP contribution in [0, 0.1) is 10.5 Å². The van der Waals surface area contributed by atoms with Crippen LogP contribution in [0.3, 0.4) is 0 Å². The van der Waals surface area contributed by atoms with E-state index in [1.54, 1.807) is 47.6 Å². The summed E-state index contributed by atoms with van der Waals surface area (Å²) in [5, 5.41) is 0.652. The van der Waals surface area contributed by atoms with Gasteiger partial charge in [0, 0.05) is 53.1 Å². The molecule has 1 aliphatic heterocycles. The van der Waals surface area contributed by atoms with Crippen LogP contribution in [0.4, 0.5) is 16.2 Å². The van der Waals surface area contributed by atoms with E-state index < -0.39 is 25.6 Å². The molecule has 1 saturated heterocycles. The summed E-state index contributed by atoms with van der Waals surface area (Å²) in [6.07, 6.45) is 3.85. The Morgan fingerprint density at radius 2 is 1.61 bits per heavy atom. The summed E-state index contributed by atoms with van der Waals surface area (Å²) in [7, 11) is -7.48. The average molecular weight is 752 g/mol. The fourth-order valence-corrected chi connectivity index (χ4v) is 7.69. The van der Waals surface area contributed by atoms with Crippen molar-refractivity contribution in [3.63, 3.8) is 0 Å². The topological polar surface area (TPSA) is 131 Å². The number of rotatable bonds is 6. The number of anilines is 2. The molecule has 1 amide bonds. The number of piperazine rings is 1. The molecule has 0 spiro atoms. The number of carbonyl (C=O) groups excluding carboxylic acids is 1. The molecule has 11 nitrogen and oxygen atoms in total. The summed E-state index contributed by atoms with van der Waals surface area (Å²) >= 11 is 2.09. The molecule has 2 aromatic carbocycles. The molecule has 44 heavy (non-hydrogen) atoms. The van der Waals surface area contributed by atoms with Gasteiger partial charge in [0.2, 0.25) is 10.0 Å². The normalized spacial score (nSPS) is 14.6. The van der Waals surface area contributed by atoms with E-state index in [-0.39, 0.29) is 11.0 Å². The smallest absolute Gasteiger partial charge is 0.410 e. The zero-order chi connectivity index (χ0) is 32.0. The van der Waals surface area contributed by atoms with Gasteiger partial charge in [-0.3, -0.25) is 4.72 Å². The van der Waals surface area contributed by atoms with Crippen LogP contribution in [0.25, 0.3) is 22.2 Å². The molecule has 1 N–H and O–H groups in total. The second kappa shape index (κ2) is 11.9. The third-order valence-electron chi connectivity index (χ3n) is 7.04. The van der Waals surface area contributed by atoms with Gasteiger partial charge in [-0.15, -0.1) is 0 Å². The maximum atomic E-state index is 13.4. The number of aromatic nitrogens is 2. The summed E-state index contributed by atoms with van der Waals surface area (Å²) in [6.45, 7) is 9.20. The van der Waals surface area contributed by atoms with Gasteiger partial charge >= 0.3 is 6.09 Å². The highest BCUT2D eigenvalue weighted by Gasteiger charge is 2.27. The fraction of sp³-hybridized carbons (Fsp3) is 0.333. The zero-order valence-corrected chi connectivity index (χ0v) is 28.8. The number of fused-ring (bicyclic) bond motifs is 1. The van der Waals surface area contributed by atoms with Gasteiger partial charge < -0.3 is 14.5 Å². The first-order chi connectivity index (χ1) is 20.5. The highest BCUT2D eigenvalue weighted by Crippen LogP contribution is 2.35. The molecule has 2 aromatic heterocycles. The first-order valence-corrected chi connectivity index (χ1v) is 18.3. The van der Waals surface area contributed by atoms with Crippen LogP contribution in [-0.2, 0) is 24.8 Å². The number of nitrogens with one attached hydrogen (secondary N) is 1. The number of hydrogen-bond acceptors (Lipinski definition) is 8. The van der Waals surface area contributed by atoms with Crippen molar-refractivity contribution in [2.75, 3.05) is 42.1 Å². The molecule has 1 aliphatic rings. The molecule has 0 atom stereocenters. The molecular weight excluding hydrogens is 717 g/mol. The van der Waals surface area contributed by atoms with E-state index in [1.807, 2.05) is 50.8 Å². The minimum absolute atomic E-state index is 0.168. The minimum Gasteiger partial charge on any atom is -0.444 e. The lowest BCUT2D eigenvalue weighted by atomic mass is 10.0. The Hall–Kier alpha value is -3.37. The summed E-state index contributed by atoms with van der Waals surface area (Å²) in [6, 6.07) is 14.0. The van der Waals surface area contributed by atoms with E-state index in [0.29, 0.717) is 63.3 Å². The van der Waals surface area contributed by atoms with Crippen LogP contribution in [0.5, 0.6) is 0 Å². The second-order valence-electron chi connectivity index (χ2n) is 11.7. The van der Waals surface area contributed by atoms with Gasteiger partial charge in [-0.05, 0) is 86.2 Å². The molecule has 0 bridgehead atoms. The van der Waals surface area contributed by atoms with Crippen molar-refractivity contribution in [1.29, 1.82) is 0 Å². The second-order valence-corrected chi connectivity index (χ2v) is 16.5. The van der Waals surface area contributed by atoms with Crippen molar-refractivity contribution in [3.8, 4) is 11.1 Å². The van der Waals surface area contributed by atoms with Gasteiger partial charge in [-0.25, -0.2) is 30.6 Å². The van der Waals surface area contributed by atoms with Crippen LogP contribution in [0.1, 0.15) is 26.3 Å². The molecule has 0 radical (unpaired) electrons. The van der Waals surface area contributed by atoms with Crippen molar-refractivity contribution >= 4 is 71.1 Å². The number of benzene rings is 2. The molecule has 3 heterocycles. The first kappa shape index (κ1) is 32.0. The summed E-state index contributed by atoms with van der Waals surface area (Å²) in [5.41, 5.74) is 3.13. The van der Waals surface area contributed by atoms with Crippen LogP contribution in [0.2, 0.25) is 0 Å². The van der Waals surface area contributed by atoms with Crippen LogP contribution in [0.15, 0.2) is 65.8 Å². The Balaban J connectivity index is 1.46. The van der Waals surface area contributed by atoms with E-state index in [9.17, 15) is 21.6 Å². The molecule has 14 heteroatoms. The highest BCUT2D eigenvalue weighted by atomic mass is 127. The number of ether oxygens (including phenoxy) is 1. The van der Waals surface area contributed by atoms with Crippen molar-refractivity contribution in [2.24, 2.45) is 0 Å². The number of carbonyl (C=O) groups is 1. The SMILES string of the molecule is Cc1ccc(S(=O)(=O)n2cc(I)c3cc(-c4ccc(N5CCN(C(=O)OC(C)(C)C)CC5)c(NS(C)(=O)=O)c4)cnc32)cc1. The first-order valence-electron chi connectivity index (χ1n) is 13.9. The molecule has 0 aliphatic carbocycles. The Morgan fingerprint density at radius 3 is 2.23 bits per heavy atom. The Bertz CT molecular complexity index is 1940. The predicted molar refractivity (Wildman–Crippen MR) is 180 cm³/mol. The number of amides is 1. The van der Waals surface area contributed by atoms with Crippen molar-refractivity contribution in [3.05, 3.63) is 70.1 Å². The quantitative estimate of drug-likeness (QED) is 0.264. The Morgan fingerprint density at radius 1 is 0.955 bits per heavy atom. The van der Waals surface area contributed by atoms with Crippen molar-refractivity contribution < 1.29 is 26.4 Å². The summed E-state index contributed by atoms with van der Waals surface area (Å²) in [4.78, 5) is 20.9. The van der Waals surface area contributed by atoms with E-state index in [1.165, 1.54) is 3.97 Å². The number of aryl methyl sites for hydroxylation is 1. The van der Waals surface area contributed by atoms with E-state index in [4.69, 9.17) is 4.74 Å². The summed E-state index contributed by atoms with van der Waals surface area (Å²) < 4.78 is 61.6. The molecule has 5 rings (SSSR count). The van der Waals surface area contributed by atoms with Gasteiger partial charge in [-0.1, -0.05) is 23.8 Å². The number of pyridine rings is 1. The van der Waals surface area contributed by atoms with Gasteiger partial charge in [-0.2, -0.15) is 0 Å². The highest BCUT2D eigenvalue weighted by molar-refractivity contribution is 14.1. The van der Waals surface area contributed by atoms with Crippen molar-refractivity contribution in [2.45, 2.75) is 38.2 Å².